The molecule has 1 aliphatic heterocycles. The molecule has 0 fully saturated rings. The van der Waals surface area contributed by atoms with Gasteiger partial charge in [0.2, 0.25) is 11.8 Å². The standard InChI is InChI=1S/C23H18BrClFN3O5S/c1-33-17-6-3-11(7-14(17)24)19-13(9-27)22(29-21(31)20(19)23(32)34-2)35-10-18(30)28-12-4-5-16(26)15(25)8-12/h3-8,19-20H,10H2,1-2H3,(H,28,30)(H,29,31)/t19-,20+/m0/s1. The van der Waals surface area contributed by atoms with Gasteiger partial charge in [-0.25, -0.2) is 4.39 Å². The van der Waals surface area contributed by atoms with Crippen LogP contribution in [0.15, 0.2) is 51.5 Å². The number of carbonyl (C=O) groups excluding carboxylic acids is 3. The van der Waals surface area contributed by atoms with Gasteiger partial charge in [-0.2, -0.15) is 5.26 Å². The summed E-state index contributed by atoms with van der Waals surface area (Å²) in [6, 6.07) is 10.7. The number of allylic oxidation sites excluding steroid dienone is 1. The molecule has 8 nitrogen and oxygen atoms in total. The van der Waals surface area contributed by atoms with Crippen molar-refractivity contribution in [3.63, 3.8) is 0 Å². The molecule has 0 saturated heterocycles. The van der Waals surface area contributed by atoms with Gasteiger partial charge in [0, 0.05) is 11.6 Å². The van der Waals surface area contributed by atoms with Crippen LogP contribution < -0.4 is 15.4 Å². The number of halogens is 3. The minimum atomic E-state index is -1.31. The molecule has 2 aromatic rings. The van der Waals surface area contributed by atoms with Crippen molar-refractivity contribution in [2.75, 3.05) is 25.3 Å². The van der Waals surface area contributed by atoms with Gasteiger partial charge in [0.25, 0.3) is 0 Å². The molecule has 0 unspecified atom stereocenters. The van der Waals surface area contributed by atoms with Gasteiger partial charge in [0.05, 0.1) is 46.1 Å². The van der Waals surface area contributed by atoms with Crippen LogP contribution in [0.5, 0.6) is 5.75 Å². The van der Waals surface area contributed by atoms with E-state index in [4.69, 9.17) is 21.1 Å². The van der Waals surface area contributed by atoms with Crippen LogP contribution >= 0.6 is 39.3 Å². The quantitative estimate of drug-likeness (QED) is 0.368. The topological polar surface area (TPSA) is 118 Å². The fourth-order valence-corrected chi connectivity index (χ4v) is 5.05. The number of benzene rings is 2. The molecule has 0 saturated carbocycles. The number of methoxy groups -OCH3 is 2. The Kier molecular flexibility index (Phi) is 8.77. The first-order chi connectivity index (χ1) is 16.7. The maximum Gasteiger partial charge on any atom is 0.319 e. The number of carbonyl (C=O) groups is 3. The van der Waals surface area contributed by atoms with Crippen LogP contribution in [-0.4, -0.2) is 37.8 Å². The number of nitriles is 1. The lowest BCUT2D eigenvalue weighted by atomic mass is 9.78. The van der Waals surface area contributed by atoms with E-state index in [0.29, 0.717) is 15.8 Å². The highest BCUT2D eigenvalue weighted by Crippen LogP contribution is 2.42. The monoisotopic (exact) mass is 581 g/mol. The normalized spacial score (nSPS) is 17.3. The molecule has 0 spiro atoms. The van der Waals surface area contributed by atoms with E-state index in [9.17, 15) is 24.0 Å². The molecule has 0 radical (unpaired) electrons. The van der Waals surface area contributed by atoms with Gasteiger partial charge in [0.1, 0.15) is 17.5 Å². The summed E-state index contributed by atoms with van der Waals surface area (Å²) in [5.74, 6) is -4.49. The van der Waals surface area contributed by atoms with E-state index < -0.39 is 35.4 Å². The number of nitrogens with one attached hydrogen (secondary N) is 2. The van der Waals surface area contributed by atoms with Crippen molar-refractivity contribution in [1.29, 1.82) is 5.26 Å². The van der Waals surface area contributed by atoms with Crippen LogP contribution in [0.4, 0.5) is 10.1 Å². The minimum absolute atomic E-state index is 0.0969. The number of nitrogens with zero attached hydrogens (tertiary/aromatic N) is 1. The summed E-state index contributed by atoms with van der Waals surface area (Å²) in [6.45, 7) is 0. The van der Waals surface area contributed by atoms with Gasteiger partial charge in [0.15, 0.2) is 0 Å². The molecular weight excluding hydrogens is 565 g/mol. The van der Waals surface area contributed by atoms with Crippen molar-refractivity contribution in [1.82, 2.24) is 5.32 Å². The molecule has 0 aliphatic carbocycles. The third kappa shape index (κ3) is 5.96. The summed E-state index contributed by atoms with van der Waals surface area (Å²) in [4.78, 5) is 37.8. The second kappa shape index (κ2) is 11.6. The van der Waals surface area contributed by atoms with Crippen molar-refractivity contribution in [2.45, 2.75) is 5.92 Å². The number of amides is 2. The van der Waals surface area contributed by atoms with E-state index in [0.717, 1.165) is 24.9 Å². The number of rotatable bonds is 7. The Morgan fingerprint density at radius 2 is 2.03 bits per heavy atom. The Hall–Kier alpha value is -3.07. The molecular formula is C23H18BrClFN3O5S. The van der Waals surface area contributed by atoms with Crippen LogP contribution in [0.2, 0.25) is 5.02 Å². The van der Waals surface area contributed by atoms with Crippen LogP contribution in [0.1, 0.15) is 11.5 Å². The molecule has 3 rings (SSSR count). The Morgan fingerprint density at radius 3 is 2.63 bits per heavy atom. The summed E-state index contributed by atoms with van der Waals surface area (Å²) in [6.07, 6.45) is 0. The third-order valence-corrected chi connectivity index (χ3v) is 7.00. The molecule has 2 atom stereocenters. The van der Waals surface area contributed by atoms with E-state index in [1.165, 1.54) is 19.2 Å². The lowest BCUT2D eigenvalue weighted by molar-refractivity contribution is -0.150. The molecule has 2 N–H and O–H groups in total. The van der Waals surface area contributed by atoms with Gasteiger partial charge >= 0.3 is 5.97 Å². The average Bonchev–Trinajstić information content (AvgIpc) is 2.84. The summed E-state index contributed by atoms with van der Waals surface area (Å²) in [7, 11) is 2.65. The number of anilines is 1. The Labute approximate surface area is 217 Å². The van der Waals surface area contributed by atoms with Crippen molar-refractivity contribution in [3.05, 3.63) is 67.9 Å². The van der Waals surface area contributed by atoms with Gasteiger partial charge in [-0.1, -0.05) is 29.4 Å². The van der Waals surface area contributed by atoms with Crippen molar-refractivity contribution >= 4 is 62.8 Å². The number of esters is 1. The number of hydrogen-bond donors (Lipinski definition) is 2. The van der Waals surface area contributed by atoms with Gasteiger partial charge in [-0.05, 0) is 51.8 Å². The van der Waals surface area contributed by atoms with Gasteiger partial charge < -0.3 is 20.1 Å². The van der Waals surface area contributed by atoms with Crippen LogP contribution in [0.3, 0.4) is 0 Å². The lowest BCUT2D eigenvalue weighted by Crippen LogP contribution is -2.44. The summed E-state index contributed by atoms with van der Waals surface area (Å²) >= 11 is 10.0. The predicted molar refractivity (Wildman–Crippen MR) is 132 cm³/mol. The number of thioether (sulfide) groups is 1. The number of hydrogen-bond acceptors (Lipinski definition) is 7. The van der Waals surface area contributed by atoms with E-state index in [2.05, 4.69) is 32.6 Å². The highest BCUT2D eigenvalue weighted by atomic mass is 79.9. The first-order valence-corrected chi connectivity index (χ1v) is 12.1. The number of ether oxygens (including phenoxy) is 2. The zero-order valence-electron chi connectivity index (χ0n) is 18.4. The van der Waals surface area contributed by atoms with Crippen molar-refractivity contribution in [2.24, 2.45) is 5.92 Å². The van der Waals surface area contributed by atoms with E-state index in [-0.39, 0.29) is 27.1 Å². The van der Waals surface area contributed by atoms with E-state index in [1.54, 1.807) is 18.2 Å². The maximum atomic E-state index is 13.3. The molecule has 2 amide bonds. The Morgan fingerprint density at radius 1 is 1.29 bits per heavy atom. The minimum Gasteiger partial charge on any atom is -0.496 e. The molecule has 0 bridgehead atoms. The largest absolute Gasteiger partial charge is 0.496 e. The summed E-state index contributed by atoms with van der Waals surface area (Å²) in [5, 5.41) is 15.1. The molecule has 12 heteroatoms. The van der Waals surface area contributed by atoms with Crippen LogP contribution in [0.25, 0.3) is 0 Å². The third-order valence-electron chi connectivity index (χ3n) is 5.07. The first-order valence-electron chi connectivity index (χ1n) is 9.94. The lowest BCUT2D eigenvalue weighted by Gasteiger charge is -2.31. The first kappa shape index (κ1) is 26.5. The maximum absolute atomic E-state index is 13.3. The molecule has 35 heavy (non-hydrogen) atoms. The second-order valence-corrected chi connectivity index (χ2v) is 9.43. The fraction of sp³-hybridized carbons (Fsp3) is 0.217. The second-order valence-electron chi connectivity index (χ2n) is 7.18. The van der Waals surface area contributed by atoms with Gasteiger partial charge in [-0.3, -0.25) is 14.4 Å². The highest BCUT2D eigenvalue weighted by molar-refractivity contribution is 9.10. The van der Waals surface area contributed by atoms with Crippen molar-refractivity contribution < 1.29 is 28.2 Å². The molecule has 1 aliphatic rings. The fourth-order valence-electron chi connectivity index (χ4n) is 3.46. The van der Waals surface area contributed by atoms with Crippen LogP contribution in [-0.2, 0) is 19.1 Å². The van der Waals surface area contributed by atoms with Crippen LogP contribution in [0, 0.1) is 23.1 Å². The molecule has 2 aromatic carbocycles. The molecule has 182 valence electrons. The highest BCUT2D eigenvalue weighted by Gasteiger charge is 2.44. The van der Waals surface area contributed by atoms with Crippen molar-refractivity contribution in [3.8, 4) is 11.8 Å². The molecule has 0 aromatic heterocycles. The Bertz CT molecular complexity index is 1270. The summed E-state index contributed by atoms with van der Waals surface area (Å²) < 4.78 is 24.0. The Balaban J connectivity index is 1.91. The van der Waals surface area contributed by atoms with E-state index in [1.807, 2.05) is 0 Å². The zero-order chi connectivity index (χ0) is 25.7. The smallest absolute Gasteiger partial charge is 0.319 e. The average molecular weight is 583 g/mol. The van der Waals surface area contributed by atoms with Gasteiger partial charge in [-0.15, -0.1) is 0 Å². The zero-order valence-corrected chi connectivity index (χ0v) is 21.5. The summed E-state index contributed by atoms with van der Waals surface area (Å²) in [5.41, 5.74) is 0.888. The van der Waals surface area contributed by atoms with E-state index >= 15 is 0 Å². The SMILES string of the molecule is COC(=O)[C@H]1C(=O)NC(SCC(=O)Nc2ccc(F)c(Cl)c2)=C(C#N)[C@@H]1c1ccc(OC)c(Br)c1. The predicted octanol–water partition coefficient (Wildman–Crippen LogP) is 4.36. The molecule has 1 heterocycles.